The topological polar surface area (TPSA) is 70.7 Å². The lowest BCUT2D eigenvalue weighted by atomic mass is 10.2. The molecule has 1 aliphatic rings. The summed E-state index contributed by atoms with van der Waals surface area (Å²) in [7, 11) is 0. The number of anilines is 2. The summed E-state index contributed by atoms with van der Waals surface area (Å²) < 4.78 is 5.26. The summed E-state index contributed by atoms with van der Waals surface area (Å²) in [6, 6.07) is 8.88. The molecule has 1 saturated heterocycles. The van der Waals surface area contributed by atoms with Crippen molar-refractivity contribution in [3.05, 3.63) is 46.7 Å². The number of carbonyl (C=O) groups is 2. The number of nitrogens with zero attached hydrogens (tertiary/aromatic N) is 1. The number of hydrogen-bond acceptors (Lipinski definition) is 5. The summed E-state index contributed by atoms with van der Waals surface area (Å²) in [5, 5.41) is 9.35. The van der Waals surface area contributed by atoms with Crippen LogP contribution in [0.15, 0.2) is 41.1 Å². The first-order chi connectivity index (χ1) is 11.7. The molecule has 0 bridgehead atoms. The van der Waals surface area contributed by atoms with Gasteiger partial charge in [-0.2, -0.15) is 11.3 Å². The number of morpholine rings is 1. The van der Waals surface area contributed by atoms with Crippen LogP contribution in [0.1, 0.15) is 10.4 Å². The van der Waals surface area contributed by atoms with Gasteiger partial charge in [0.25, 0.3) is 5.91 Å². The third-order valence-electron chi connectivity index (χ3n) is 3.68. The smallest absolute Gasteiger partial charge is 0.256 e. The van der Waals surface area contributed by atoms with Crippen molar-refractivity contribution >= 4 is 34.5 Å². The average molecular weight is 345 g/mol. The molecule has 7 heteroatoms. The standard InChI is InChI=1S/C17H19N3O3S/c21-16(11-20-6-8-23-9-7-20)18-14-1-3-15(4-2-14)19-17(22)13-5-10-24-12-13/h1-5,10,12H,6-9,11H2,(H,18,21)(H,19,22). The van der Waals surface area contributed by atoms with Crippen molar-refractivity contribution in [2.24, 2.45) is 0 Å². The molecular weight excluding hydrogens is 326 g/mol. The summed E-state index contributed by atoms with van der Waals surface area (Å²) >= 11 is 1.48. The van der Waals surface area contributed by atoms with Crippen LogP contribution in [0.3, 0.4) is 0 Å². The average Bonchev–Trinajstić information content (AvgIpc) is 3.12. The predicted molar refractivity (Wildman–Crippen MR) is 94.6 cm³/mol. The second-order valence-electron chi connectivity index (χ2n) is 5.48. The maximum absolute atomic E-state index is 12.0. The summed E-state index contributed by atoms with van der Waals surface area (Å²) in [5.74, 6) is -0.188. The van der Waals surface area contributed by atoms with Gasteiger partial charge in [-0.15, -0.1) is 0 Å². The van der Waals surface area contributed by atoms with Crippen LogP contribution in [-0.4, -0.2) is 49.6 Å². The molecule has 6 nitrogen and oxygen atoms in total. The molecule has 0 spiro atoms. The van der Waals surface area contributed by atoms with Gasteiger partial charge in [0, 0.05) is 29.8 Å². The number of amides is 2. The van der Waals surface area contributed by atoms with E-state index in [9.17, 15) is 9.59 Å². The highest BCUT2D eigenvalue weighted by atomic mass is 32.1. The summed E-state index contributed by atoms with van der Waals surface area (Å²) in [4.78, 5) is 26.1. The van der Waals surface area contributed by atoms with Crippen LogP contribution in [-0.2, 0) is 9.53 Å². The minimum absolute atomic E-state index is 0.0491. The van der Waals surface area contributed by atoms with E-state index in [1.165, 1.54) is 11.3 Å². The van der Waals surface area contributed by atoms with Crippen LogP contribution < -0.4 is 10.6 Å². The third kappa shape index (κ3) is 4.64. The number of ether oxygens (including phenoxy) is 1. The molecule has 1 aliphatic heterocycles. The van der Waals surface area contributed by atoms with Gasteiger partial charge >= 0.3 is 0 Å². The fraction of sp³-hybridized carbons (Fsp3) is 0.294. The van der Waals surface area contributed by atoms with Gasteiger partial charge in [0.15, 0.2) is 0 Å². The molecule has 1 fully saturated rings. The Hall–Kier alpha value is -2.22. The Bertz CT molecular complexity index is 680. The number of carbonyl (C=O) groups excluding carboxylic acids is 2. The zero-order valence-electron chi connectivity index (χ0n) is 13.2. The Labute approximate surface area is 144 Å². The first kappa shape index (κ1) is 16.6. The lowest BCUT2D eigenvalue weighted by molar-refractivity contribution is -0.118. The van der Waals surface area contributed by atoms with Gasteiger partial charge in [0.2, 0.25) is 5.91 Å². The van der Waals surface area contributed by atoms with Crippen molar-refractivity contribution in [3.8, 4) is 0 Å². The maximum atomic E-state index is 12.0. The first-order valence-electron chi connectivity index (χ1n) is 7.74. The predicted octanol–water partition coefficient (Wildman–Crippen LogP) is 2.27. The van der Waals surface area contributed by atoms with Crippen LogP contribution in [0.25, 0.3) is 0 Å². The Kier molecular flexibility index (Phi) is 5.58. The zero-order chi connectivity index (χ0) is 16.8. The molecule has 126 valence electrons. The Morgan fingerprint density at radius 2 is 1.71 bits per heavy atom. The number of thiophene rings is 1. The van der Waals surface area contributed by atoms with E-state index < -0.39 is 0 Å². The van der Waals surface area contributed by atoms with Gasteiger partial charge in [-0.1, -0.05) is 0 Å². The van der Waals surface area contributed by atoms with E-state index in [2.05, 4.69) is 15.5 Å². The first-order valence-corrected chi connectivity index (χ1v) is 8.68. The highest BCUT2D eigenvalue weighted by Gasteiger charge is 2.14. The highest BCUT2D eigenvalue weighted by Crippen LogP contribution is 2.15. The van der Waals surface area contributed by atoms with Crippen LogP contribution in [0.5, 0.6) is 0 Å². The molecule has 0 radical (unpaired) electrons. The molecule has 0 atom stereocenters. The van der Waals surface area contributed by atoms with E-state index >= 15 is 0 Å². The molecule has 0 aliphatic carbocycles. The lowest BCUT2D eigenvalue weighted by Gasteiger charge is -2.25. The fourth-order valence-corrected chi connectivity index (χ4v) is 3.03. The SMILES string of the molecule is O=C(CN1CCOCC1)Nc1ccc(NC(=O)c2ccsc2)cc1. The molecule has 1 aromatic heterocycles. The molecule has 24 heavy (non-hydrogen) atoms. The van der Waals surface area contributed by atoms with Crippen molar-refractivity contribution in [2.75, 3.05) is 43.5 Å². The maximum Gasteiger partial charge on any atom is 0.256 e. The summed E-state index contributed by atoms with van der Waals surface area (Å²) in [6.07, 6.45) is 0. The molecular formula is C17H19N3O3S. The van der Waals surface area contributed by atoms with E-state index in [-0.39, 0.29) is 11.8 Å². The monoisotopic (exact) mass is 345 g/mol. The Morgan fingerprint density at radius 3 is 2.33 bits per heavy atom. The number of hydrogen-bond donors (Lipinski definition) is 2. The van der Waals surface area contributed by atoms with E-state index in [1.54, 1.807) is 35.7 Å². The molecule has 2 N–H and O–H groups in total. The Balaban J connectivity index is 1.50. The molecule has 3 rings (SSSR count). The highest BCUT2D eigenvalue weighted by molar-refractivity contribution is 7.08. The minimum atomic E-state index is -0.139. The van der Waals surface area contributed by atoms with Crippen LogP contribution in [0, 0.1) is 0 Å². The molecule has 2 amide bonds. The van der Waals surface area contributed by atoms with E-state index in [0.717, 1.165) is 13.1 Å². The second kappa shape index (κ2) is 8.05. The summed E-state index contributed by atoms with van der Waals surface area (Å²) in [6.45, 7) is 3.26. The van der Waals surface area contributed by atoms with Crippen molar-refractivity contribution in [2.45, 2.75) is 0 Å². The van der Waals surface area contributed by atoms with Gasteiger partial charge < -0.3 is 15.4 Å². The molecule has 1 aromatic carbocycles. The van der Waals surface area contributed by atoms with Gasteiger partial charge in [-0.3, -0.25) is 14.5 Å². The Morgan fingerprint density at radius 1 is 1.04 bits per heavy atom. The van der Waals surface area contributed by atoms with Crippen molar-refractivity contribution < 1.29 is 14.3 Å². The van der Waals surface area contributed by atoms with Crippen LogP contribution >= 0.6 is 11.3 Å². The number of nitrogens with one attached hydrogen (secondary N) is 2. The van der Waals surface area contributed by atoms with Crippen LogP contribution in [0.4, 0.5) is 11.4 Å². The van der Waals surface area contributed by atoms with Gasteiger partial charge in [-0.25, -0.2) is 0 Å². The molecule has 2 heterocycles. The third-order valence-corrected chi connectivity index (χ3v) is 4.36. The number of rotatable bonds is 5. The second-order valence-corrected chi connectivity index (χ2v) is 6.26. The zero-order valence-corrected chi connectivity index (χ0v) is 14.0. The molecule has 0 unspecified atom stereocenters. The summed E-state index contributed by atoms with van der Waals surface area (Å²) in [5.41, 5.74) is 2.04. The van der Waals surface area contributed by atoms with E-state index in [4.69, 9.17) is 4.74 Å². The van der Waals surface area contributed by atoms with Crippen molar-refractivity contribution in [1.82, 2.24) is 4.90 Å². The van der Waals surface area contributed by atoms with E-state index in [0.29, 0.717) is 36.7 Å². The van der Waals surface area contributed by atoms with E-state index in [1.807, 2.05) is 5.38 Å². The van der Waals surface area contributed by atoms with Crippen LogP contribution in [0.2, 0.25) is 0 Å². The largest absolute Gasteiger partial charge is 0.379 e. The lowest BCUT2D eigenvalue weighted by Crippen LogP contribution is -2.41. The molecule has 2 aromatic rings. The quantitative estimate of drug-likeness (QED) is 0.872. The van der Waals surface area contributed by atoms with Crippen molar-refractivity contribution in [1.29, 1.82) is 0 Å². The van der Waals surface area contributed by atoms with Gasteiger partial charge in [-0.05, 0) is 35.7 Å². The fourth-order valence-electron chi connectivity index (χ4n) is 2.40. The van der Waals surface area contributed by atoms with Gasteiger partial charge in [0.1, 0.15) is 0 Å². The van der Waals surface area contributed by atoms with Crippen molar-refractivity contribution in [3.63, 3.8) is 0 Å². The molecule has 0 saturated carbocycles. The number of benzene rings is 1. The minimum Gasteiger partial charge on any atom is -0.379 e. The normalized spacial score (nSPS) is 15.0. The van der Waals surface area contributed by atoms with Gasteiger partial charge in [0.05, 0.1) is 25.3 Å².